The van der Waals surface area contributed by atoms with Crippen LogP contribution in [0.4, 0.5) is 5.82 Å². The van der Waals surface area contributed by atoms with Crippen molar-refractivity contribution in [3.05, 3.63) is 18.2 Å². The molecule has 0 aromatic carbocycles. The van der Waals surface area contributed by atoms with E-state index in [1.807, 2.05) is 17.5 Å². The lowest BCUT2D eigenvalue weighted by atomic mass is 10.2. The quantitative estimate of drug-likeness (QED) is 0.617. The Bertz CT molecular complexity index is 587. The number of nitrogens with two attached hydrogens (primary N) is 1. The zero-order valence-corrected chi connectivity index (χ0v) is 11.5. The third-order valence-electron chi connectivity index (χ3n) is 3.00. The molecule has 0 unspecified atom stereocenters. The molecule has 2 heterocycles. The van der Waals surface area contributed by atoms with Crippen LogP contribution in [0.3, 0.4) is 0 Å². The van der Waals surface area contributed by atoms with Gasteiger partial charge < -0.3 is 10.6 Å². The first kappa shape index (κ1) is 13.3. The van der Waals surface area contributed by atoms with Crippen LogP contribution in [0.1, 0.15) is 26.1 Å². The van der Waals surface area contributed by atoms with Gasteiger partial charge in [0, 0.05) is 31.4 Å². The summed E-state index contributed by atoms with van der Waals surface area (Å²) < 4.78 is 1.91. The summed E-state index contributed by atoms with van der Waals surface area (Å²) >= 11 is 0. The molecule has 0 amide bonds. The smallest absolute Gasteiger partial charge is 0.203 e. The number of anilines is 1. The zero-order valence-electron chi connectivity index (χ0n) is 11.5. The summed E-state index contributed by atoms with van der Waals surface area (Å²) in [6.45, 7) is 6.70. The third kappa shape index (κ3) is 2.64. The molecule has 0 saturated carbocycles. The maximum atomic E-state index is 7.36. The number of aromatic nitrogens is 4. The topological polar surface area (TPSA) is 96.2 Å². The fourth-order valence-electron chi connectivity index (χ4n) is 1.98. The van der Waals surface area contributed by atoms with Crippen molar-refractivity contribution in [1.82, 2.24) is 19.6 Å². The number of hydrogen-bond donors (Lipinski definition) is 2. The lowest BCUT2D eigenvalue weighted by molar-refractivity contribution is 0.679. The highest BCUT2D eigenvalue weighted by molar-refractivity contribution is 5.77. The van der Waals surface area contributed by atoms with Gasteiger partial charge in [-0.25, -0.2) is 4.98 Å². The Morgan fingerprint density at radius 2 is 2.21 bits per heavy atom. The van der Waals surface area contributed by atoms with Gasteiger partial charge in [-0.3, -0.25) is 9.81 Å². The van der Waals surface area contributed by atoms with E-state index in [4.69, 9.17) is 11.1 Å². The number of amidine groups is 1. The second-order valence-electron chi connectivity index (χ2n) is 4.75. The number of aryl methyl sites for hydroxylation is 1. The minimum Gasteiger partial charge on any atom is -0.388 e. The van der Waals surface area contributed by atoms with Crippen LogP contribution in [-0.2, 0) is 0 Å². The van der Waals surface area contributed by atoms with Crippen molar-refractivity contribution in [3.63, 3.8) is 0 Å². The molecule has 0 aliphatic heterocycles. The Kier molecular flexibility index (Phi) is 3.64. The minimum absolute atomic E-state index is 0.176. The molecule has 3 N–H and O–H groups in total. The van der Waals surface area contributed by atoms with Gasteiger partial charge >= 0.3 is 0 Å². The average Bonchev–Trinajstić information content (AvgIpc) is 2.72. The fraction of sp³-hybridized carbons (Fsp3) is 0.500. The predicted octanol–water partition coefficient (Wildman–Crippen LogP) is 0.974. The maximum Gasteiger partial charge on any atom is 0.203 e. The van der Waals surface area contributed by atoms with Crippen LogP contribution >= 0.6 is 0 Å². The van der Waals surface area contributed by atoms with Crippen molar-refractivity contribution in [2.45, 2.75) is 33.2 Å². The molecule has 102 valence electrons. The molecule has 2 aromatic rings. The highest BCUT2D eigenvalue weighted by Gasteiger charge is 2.17. The van der Waals surface area contributed by atoms with Gasteiger partial charge in [0.1, 0.15) is 5.82 Å². The molecule has 0 aliphatic carbocycles. The van der Waals surface area contributed by atoms with Crippen LogP contribution in [0.2, 0.25) is 0 Å². The van der Waals surface area contributed by atoms with E-state index < -0.39 is 0 Å². The summed E-state index contributed by atoms with van der Waals surface area (Å²) in [6.07, 6.45) is 4.09. The van der Waals surface area contributed by atoms with E-state index in [-0.39, 0.29) is 11.9 Å². The number of nitrogens with one attached hydrogen (secondary N) is 1. The molecule has 0 aliphatic rings. The molecule has 19 heavy (non-hydrogen) atoms. The Balaban J connectivity index is 2.41. The van der Waals surface area contributed by atoms with Crippen LogP contribution in [0.15, 0.2) is 12.4 Å². The number of hydrogen-bond acceptors (Lipinski definition) is 5. The van der Waals surface area contributed by atoms with Crippen molar-refractivity contribution < 1.29 is 0 Å². The Labute approximate surface area is 112 Å². The van der Waals surface area contributed by atoms with Crippen molar-refractivity contribution in [3.8, 4) is 0 Å². The van der Waals surface area contributed by atoms with E-state index >= 15 is 0 Å². The second-order valence-corrected chi connectivity index (χ2v) is 4.75. The van der Waals surface area contributed by atoms with Crippen molar-refractivity contribution >= 4 is 17.3 Å². The lowest BCUT2D eigenvalue weighted by Crippen LogP contribution is -2.35. The van der Waals surface area contributed by atoms with Gasteiger partial charge in [-0.1, -0.05) is 0 Å². The highest BCUT2D eigenvalue weighted by atomic mass is 15.3. The van der Waals surface area contributed by atoms with Gasteiger partial charge in [0.2, 0.25) is 5.65 Å². The molecule has 0 bridgehead atoms. The van der Waals surface area contributed by atoms with E-state index in [0.29, 0.717) is 13.0 Å². The van der Waals surface area contributed by atoms with Gasteiger partial charge in [0.25, 0.3) is 0 Å². The normalized spacial score (nSPS) is 11.2. The van der Waals surface area contributed by atoms with Gasteiger partial charge in [-0.2, -0.15) is 0 Å². The van der Waals surface area contributed by atoms with E-state index in [1.54, 1.807) is 6.20 Å². The molecule has 0 spiro atoms. The van der Waals surface area contributed by atoms with Crippen LogP contribution in [0, 0.1) is 12.3 Å². The molecule has 0 atom stereocenters. The Hall–Kier alpha value is -2.18. The SMILES string of the molecule is Cc1nnc2c(N(CCC(=N)N)C(C)C)nccn12. The number of rotatable bonds is 5. The van der Waals surface area contributed by atoms with E-state index in [1.165, 1.54) is 0 Å². The highest BCUT2D eigenvalue weighted by Crippen LogP contribution is 2.19. The summed E-state index contributed by atoms with van der Waals surface area (Å²) in [5.74, 6) is 1.78. The fourth-order valence-corrected chi connectivity index (χ4v) is 1.98. The average molecular weight is 261 g/mol. The van der Waals surface area contributed by atoms with Gasteiger partial charge in [-0.05, 0) is 20.8 Å². The minimum atomic E-state index is 0.176. The molecular formula is C12H19N7. The van der Waals surface area contributed by atoms with Crippen molar-refractivity contribution in [1.29, 1.82) is 5.41 Å². The maximum absolute atomic E-state index is 7.36. The summed E-state index contributed by atoms with van der Waals surface area (Å²) in [5.41, 5.74) is 6.17. The first-order valence-electron chi connectivity index (χ1n) is 6.26. The monoisotopic (exact) mass is 261 g/mol. The van der Waals surface area contributed by atoms with Crippen LogP contribution in [0.5, 0.6) is 0 Å². The van der Waals surface area contributed by atoms with E-state index in [0.717, 1.165) is 17.3 Å². The van der Waals surface area contributed by atoms with Crippen LogP contribution in [0.25, 0.3) is 5.65 Å². The van der Waals surface area contributed by atoms with Crippen LogP contribution < -0.4 is 10.6 Å². The molecule has 2 aromatic heterocycles. The summed E-state index contributed by atoms with van der Waals surface area (Å²) in [7, 11) is 0. The summed E-state index contributed by atoms with van der Waals surface area (Å²) in [6, 6.07) is 0.245. The molecular weight excluding hydrogens is 242 g/mol. The molecule has 0 saturated heterocycles. The molecule has 2 rings (SSSR count). The van der Waals surface area contributed by atoms with Crippen molar-refractivity contribution in [2.24, 2.45) is 5.73 Å². The Morgan fingerprint density at radius 3 is 2.84 bits per heavy atom. The first-order valence-corrected chi connectivity index (χ1v) is 6.26. The third-order valence-corrected chi connectivity index (χ3v) is 3.00. The molecule has 7 nitrogen and oxygen atoms in total. The predicted molar refractivity (Wildman–Crippen MR) is 74.5 cm³/mol. The number of fused-ring (bicyclic) bond motifs is 1. The standard InChI is InChI=1S/C12H19N7/c1-8(2)18(6-4-10(13)14)11-12-17-16-9(3)19(12)7-5-15-11/h5,7-8H,4,6H2,1-3H3,(H3,13,14). The molecule has 7 heteroatoms. The first-order chi connectivity index (χ1) is 9.00. The van der Waals surface area contributed by atoms with Crippen LogP contribution in [-0.4, -0.2) is 38.0 Å². The van der Waals surface area contributed by atoms with Gasteiger partial charge in [0.05, 0.1) is 5.84 Å². The Morgan fingerprint density at radius 1 is 1.47 bits per heavy atom. The molecule has 0 fully saturated rings. The van der Waals surface area contributed by atoms with Gasteiger partial charge in [0.15, 0.2) is 5.82 Å². The van der Waals surface area contributed by atoms with E-state index in [9.17, 15) is 0 Å². The zero-order chi connectivity index (χ0) is 14.0. The summed E-state index contributed by atoms with van der Waals surface area (Å²) in [5, 5.41) is 15.6. The van der Waals surface area contributed by atoms with E-state index in [2.05, 4.69) is 33.9 Å². The summed E-state index contributed by atoms with van der Waals surface area (Å²) in [4.78, 5) is 6.50. The lowest BCUT2D eigenvalue weighted by Gasteiger charge is -2.27. The van der Waals surface area contributed by atoms with Gasteiger partial charge in [-0.15, -0.1) is 10.2 Å². The largest absolute Gasteiger partial charge is 0.388 e. The molecule has 0 radical (unpaired) electrons. The van der Waals surface area contributed by atoms with Crippen molar-refractivity contribution in [2.75, 3.05) is 11.4 Å². The second kappa shape index (κ2) is 5.21. The number of nitrogens with zero attached hydrogens (tertiary/aromatic N) is 5.